The third kappa shape index (κ3) is 1.64. The molecular weight excluding hydrogens is 168 g/mol. The highest BCUT2D eigenvalue weighted by Gasteiger charge is 2.42. The second kappa shape index (κ2) is 3.40. The summed E-state index contributed by atoms with van der Waals surface area (Å²) in [6.07, 6.45) is 3.97. The summed E-state index contributed by atoms with van der Waals surface area (Å²) >= 11 is 0. The lowest BCUT2D eigenvalue weighted by Gasteiger charge is -2.35. The van der Waals surface area contributed by atoms with Gasteiger partial charge >= 0.3 is 0 Å². The van der Waals surface area contributed by atoms with E-state index in [2.05, 4.69) is 0 Å². The number of ether oxygens (including phenoxy) is 2. The van der Waals surface area contributed by atoms with Gasteiger partial charge in [-0.1, -0.05) is 6.08 Å². The molecule has 13 heavy (non-hydrogen) atoms. The SMILES string of the molecule is C/C=C1\CCC2(C[C@H]1O)OCCO2. The van der Waals surface area contributed by atoms with E-state index in [4.69, 9.17) is 9.47 Å². The molecule has 1 aliphatic carbocycles. The zero-order valence-corrected chi connectivity index (χ0v) is 7.95. The minimum atomic E-state index is -0.466. The van der Waals surface area contributed by atoms with Gasteiger partial charge < -0.3 is 14.6 Å². The maximum absolute atomic E-state index is 9.77. The fraction of sp³-hybridized carbons (Fsp3) is 0.800. The first kappa shape index (κ1) is 9.19. The van der Waals surface area contributed by atoms with Crippen LogP contribution in [0, 0.1) is 0 Å². The molecular formula is C10H16O3. The van der Waals surface area contributed by atoms with Crippen LogP contribution in [0.25, 0.3) is 0 Å². The molecule has 3 nitrogen and oxygen atoms in total. The summed E-state index contributed by atoms with van der Waals surface area (Å²) in [7, 11) is 0. The largest absolute Gasteiger partial charge is 0.389 e. The Morgan fingerprint density at radius 2 is 2.15 bits per heavy atom. The summed E-state index contributed by atoms with van der Waals surface area (Å²) < 4.78 is 11.1. The van der Waals surface area contributed by atoms with Crippen molar-refractivity contribution in [2.45, 2.75) is 38.1 Å². The van der Waals surface area contributed by atoms with Crippen molar-refractivity contribution in [1.82, 2.24) is 0 Å². The summed E-state index contributed by atoms with van der Waals surface area (Å²) in [6.45, 7) is 3.29. The summed E-state index contributed by atoms with van der Waals surface area (Å²) in [4.78, 5) is 0. The number of hydrogen-bond acceptors (Lipinski definition) is 3. The van der Waals surface area contributed by atoms with E-state index >= 15 is 0 Å². The molecule has 1 aliphatic heterocycles. The average molecular weight is 184 g/mol. The third-order valence-electron chi connectivity index (χ3n) is 2.91. The molecule has 1 saturated carbocycles. The van der Waals surface area contributed by atoms with Crippen LogP contribution in [0.15, 0.2) is 11.6 Å². The van der Waals surface area contributed by atoms with Gasteiger partial charge in [0.05, 0.1) is 19.3 Å². The maximum atomic E-state index is 9.77. The molecule has 0 bridgehead atoms. The Bertz CT molecular complexity index is 216. The maximum Gasteiger partial charge on any atom is 0.171 e. The van der Waals surface area contributed by atoms with Gasteiger partial charge in [-0.25, -0.2) is 0 Å². The molecule has 2 aliphatic rings. The van der Waals surface area contributed by atoms with Crippen LogP contribution >= 0.6 is 0 Å². The van der Waals surface area contributed by atoms with E-state index in [9.17, 15) is 5.11 Å². The molecule has 0 aromatic rings. The first-order valence-corrected chi connectivity index (χ1v) is 4.87. The predicted molar refractivity (Wildman–Crippen MR) is 48.2 cm³/mol. The lowest BCUT2D eigenvalue weighted by atomic mass is 9.87. The molecule has 3 heteroatoms. The van der Waals surface area contributed by atoms with Crippen molar-refractivity contribution in [3.05, 3.63) is 11.6 Å². The first-order valence-electron chi connectivity index (χ1n) is 4.87. The average Bonchev–Trinajstić information content (AvgIpc) is 2.54. The van der Waals surface area contributed by atoms with E-state index in [0.29, 0.717) is 19.6 Å². The Morgan fingerprint density at radius 3 is 2.69 bits per heavy atom. The van der Waals surface area contributed by atoms with Crippen molar-refractivity contribution < 1.29 is 14.6 Å². The second-order valence-corrected chi connectivity index (χ2v) is 3.69. The number of aliphatic hydroxyl groups excluding tert-OH is 1. The molecule has 1 N–H and O–H groups in total. The van der Waals surface area contributed by atoms with Gasteiger partial charge in [-0.3, -0.25) is 0 Å². The molecule has 0 aromatic heterocycles. The van der Waals surface area contributed by atoms with E-state index < -0.39 is 5.79 Å². The van der Waals surface area contributed by atoms with E-state index in [0.717, 1.165) is 18.4 Å². The van der Waals surface area contributed by atoms with E-state index in [1.165, 1.54) is 0 Å². The molecule has 2 fully saturated rings. The van der Waals surface area contributed by atoms with Crippen LogP contribution in [0.2, 0.25) is 0 Å². The zero-order chi connectivity index (χ0) is 9.31. The number of hydrogen-bond donors (Lipinski definition) is 1. The Hall–Kier alpha value is -0.380. The predicted octanol–water partition coefficient (Wildman–Crippen LogP) is 1.22. The number of aliphatic hydroxyl groups is 1. The molecule has 1 spiro atoms. The molecule has 1 atom stereocenters. The van der Waals surface area contributed by atoms with E-state index in [1.54, 1.807) is 0 Å². The number of allylic oxidation sites excluding steroid dienone is 1. The van der Waals surface area contributed by atoms with Gasteiger partial charge in [-0.2, -0.15) is 0 Å². The summed E-state index contributed by atoms with van der Waals surface area (Å²) in [5.74, 6) is -0.466. The van der Waals surface area contributed by atoms with Crippen LogP contribution in [0.4, 0.5) is 0 Å². The van der Waals surface area contributed by atoms with Crippen LogP contribution in [-0.4, -0.2) is 30.2 Å². The minimum absolute atomic E-state index is 0.378. The highest BCUT2D eigenvalue weighted by molar-refractivity contribution is 5.12. The van der Waals surface area contributed by atoms with Crippen LogP contribution in [-0.2, 0) is 9.47 Å². The van der Waals surface area contributed by atoms with Crippen molar-refractivity contribution in [3.63, 3.8) is 0 Å². The van der Waals surface area contributed by atoms with Crippen molar-refractivity contribution in [1.29, 1.82) is 0 Å². The first-order chi connectivity index (χ1) is 6.26. The molecule has 74 valence electrons. The monoisotopic (exact) mass is 184 g/mol. The highest BCUT2D eigenvalue weighted by Crippen LogP contribution is 2.37. The van der Waals surface area contributed by atoms with Crippen LogP contribution in [0.3, 0.4) is 0 Å². The lowest BCUT2D eigenvalue weighted by Crippen LogP contribution is -2.39. The molecule has 0 radical (unpaired) electrons. The van der Waals surface area contributed by atoms with Gasteiger partial charge in [0.1, 0.15) is 0 Å². The minimum Gasteiger partial charge on any atom is -0.389 e. The summed E-state index contributed by atoms with van der Waals surface area (Å²) in [5, 5.41) is 9.77. The third-order valence-corrected chi connectivity index (χ3v) is 2.91. The van der Waals surface area contributed by atoms with Crippen LogP contribution in [0.5, 0.6) is 0 Å². The van der Waals surface area contributed by atoms with Gasteiger partial charge in [0.2, 0.25) is 0 Å². The number of rotatable bonds is 0. The zero-order valence-electron chi connectivity index (χ0n) is 7.95. The van der Waals surface area contributed by atoms with E-state index in [-0.39, 0.29) is 6.10 Å². The Morgan fingerprint density at radius 1 is 1.46 bits per heavy atom. The molecule has 1 saturated heterocycles. The van der Waals surface area contributed by atoms with Gasteiger partial charge in [0.15, 0.2) is 5.79 Å². The Kier molecular flexibility index (Phi) is 2.41. The van der Waals surface area contributed by atoms with Crippen LogP contribution in [0.1, 0.15) is 26.2 Å². The molecule has 1 heterocycles. The molecule has 2 rings (SSSR count). The smallest absolute Gasteiger partial charge is 0.171 e. The highest BCUT2D eigenvalue weighted by atomic mass is 16.7. The van der Waals surface area contributed by atoms with Gasteiger partial charge in [-0.05, 0) is 18.9 Å². The topological polar surface area (TPSA) is 38.7 Å². The van der Waals surface area contributed by atoms with Crippen molar-refractivity contribution in [3.8, 4) is 0 Å². The summed E-state index contributed by atoms with van der Waals surface area (Å²) in [6, 6.07) is 0. The van der Waals surface area contributed by atoms with Gasteiger partial charge in [0.25, 0.3) is 0 Å². The van der Waals surface area contributed by atoms with Gasteiger partial charge in [0, 0.05) is 12.8 Å². The normalized spacial score (nSPS) is 35.8. The second-order valence-electron chi connectivity index (χ2n) is 3.69. The van der Waals surface area contributed by atoms with Crippen molar-refractivity contribution >= 4 is 0 Å². The Labute approximate surface area is 78.3 Å². The standard InChI is InChI=1S/C10H16O3/c1-2-8-3-4-10(7-9(8)11)12-5-6-13-10/h2,9,11H,3-7H2,1H3/b8-2+/t9-/m1/s1. The summed E-state index contributed by atoms with van der Waals surface area (Å²) in [5.41, 5.74) is 1.12. The van der Waals surface area contributed by atoms with Crippen molar-refractivity contribution in [2.75, 3.05) is 13.2 Å². The fourth-order valence-electron chi connectivity index (χ4n) is 2.13. The van der Waals surface area contributed by atoms with Crippen molar-refractivity contribution in [2.24, 2.45) is 0 Å². The molecule has 0 unspecified atom stereocenters. The van der Waals surface area contributed by atoms with Crippen LogP contribution < -0.4 is 0 Å². The molecule has 0 amide bonds. The fourth-order valence-corrected chi connectivity index (χ4v) is 2.13. The Balaban J connectivity index is 2.05. The van der Waals surface area contributed by atoms with Gasteiger partial charge in [-0.15, -0.1) is 0 Å². The molecule has 0 aromatic carbocycles. The van der Waals surface area contributed by atoms with E-state index in [1.807, 2.05) is 13.0 Å². The lowest BCUT2D eigenvalue weighted by molar-refractivity contribution is -0.186. The quantitative estimate of drug-likeness (QED) is 0.575.